The highest BCUT2D eigenvalue weighted by atomic mass is 32.2. The van der Waals surface area contributed by atoms with Crippen LogP contribution < -0.4 is 10.1 Å². The molecule has 3 rings (SSSR count). The highest BCUT2D eigenvalue weighted by molar-refractivity contribution is 7.89. The number of benzene rings is 2. The van der Waals surface area contributed by atoms with E-state index in [-0.39, 0.29) is 16.7 Å². The van der Waals surface area contributed by atoms with E-state index in [9.17, 15) is 8.42 Å². The largest absolute Gasteiger partial charge is 0.495 e. The molecule has 0 unspecified atom stereocenters. The maximum absolute atomic E-state index is 12.6. The summed E-state index contributed by atoms with van der Waals surface area (Å²) in [5, 5.41) is 11.4. The van der Waals surface area contributed by atoms with Crippen LogP contribution in [-0.2, 0) is 10.0 Å². The Labute approximate surface area is 164 Å². The van der Waals surface area contributed by atoms with Crippen LogP contribution >= 0.6 is 0 Å². The summed E-state index contributed by atoms with van der Waals surface area (Å²) < 4.78 is 37.2. The van der Waals surface area contributed by atoms with Gasteiger partial charge in [0.2, 0.25) is 21.8 Å². The molecule has 0 aliphatic carbocycles. The first-order valence-electron chi connectivity index (χ1n) is 8.59. The van der Waals surface area contributed by atoms with Crippen molar-refractivity contribution in [3.05, 3.63) is 54.4 Å². The lowest BCUT2D eigenvalue weighted by Crippen LogP contribution is -2.23. The summed E-state index contributed by atoms with van der Waals surface area (Å²) in [6.07, 6.45) is 0. The Hall–Kier alpha value is -2.91. The summed E-state index contributed by atoms with van der Waals surface area (Å²) in [5.74, 6) is 1.10. The smallest absolute Gasteiger partial charge is 0.247 e. The van der Waals surface area contributed by atoms with Gasteiger partial charge < -0.3 is 14.5 Å². The molecule has 0 spiro atoms. The van der Waals surface area contributed by atoms with E-state index in [2.05, 4.69) is 15.5 Å². The fraction of sp³-hybridized carbons (Fsp3) is 0.263. The average molecular weight is 402 g/mol. The first-order chi connectivity index (χ1) is 13.3. The van der Waals surface area contributed by atoms with Crippen LogP contribution in [0.2, 0.25) is 0 Å². The second kappa shape index (κ2) is 7.99. The van der Waals surface area contributed by atoms with Crippen molar-refractivity contribution < 1.29 is 17.6 Å². The fourth-order valence-electron chi connectivity index (χ4n) is 2.58. The zero-order valence-corrected chi connectivity index (χ0v) is 16.9. The molecule has 0 aliphatic heterocycles. The fourth-order valence-corrected chi connectivity index (χ4v) is 3.66. The summed E-state index contributed by atoms with van der Waals surface area (Å²) in [4.78, 5) is 0.0766. The molecule has 28 heavy (non-hydrogen) atoms. The predicted octanol–water partition coefficient (Wildman–Crippen LogP) is 3.17. The van der Waals surface area contributed by atoms with Crippen LogP contribution in [0, 0.1) is 0 Å². The summed E-state index contributed by atoms with van der Waals surface area (Å²) in [5.41, 5.74) is 1.42. The Balaban J connectivity index is 1.85. The van der Waals surface area contributed by atoms with Gasteiger partial charge in [0.15, 0.2) is 0 Å². The maximum Gasteiger partial charge on any atom is 0.247 e. The standard InChI is InChI=1S/C19H22N4O4S/c1-13(18-21-22-19(27-18)14-8-6-5-7-9-14)20-15-10-11-16(26-4)17(12-15)28(24,25)23(2)3/h5-13,20H,1-4H3/t13-/m0/s1. The van der Waals surface area contributed by atoms with Gasteiger partial charge in [0.25, 0.3) is 0 Å². The van der Waals surface area contributed by atoms with E-state index in [1.165, 1.54) is 27.3 Å². The van der Waals surface area contributed by atoms with Crippen molar-refractivity contribution in [1.29, 1.82) is 0 Å². The molecule has 148 valence electrons. The van der Waals surface area contributed by atoms with Crippen LogP contribution in [0.25, 0.3) is 11.5 Å². The molecule has 1 aromatic heterocycles. The number of aromatic nitrogens is 2. The molecule has 0 fully saturated rings. The topological polar surface area (TPSA) is 97.6 Å². The second-order valence-electron chi connectivity index (χ2n) is 6.33. The Bertz CT molecular complexity index is 1050. The molecule has 1 atom stereocenters. The van der Waals surface area contributed by atoms with Crippen molar-refractivity contribution in [2.45, 2.75) is 17.9 Å². The molecule has 9 heteroatoms. The van der Waals surface area contributed by atoms with Gasteiger partial charge >= 0.3 is 0 Å². The van der Waals surface area contributed by atoms with E-state index >= 15 is 0 Å². The zero-order chi connectivity index (χ0) is 20.3. The number of hydrogen-bond donors (Lipinski definition) is 1. The van der Waals surface area contributed by atoms with Crippen molar-refractivity contribution >= 4 is 15.7 Å². The quantitative estimate of drug-likeness (QED) is 0.648. The minimum Gasteiger partial charge on any atom is -0.495 e. The third-order valence-electron chi connectivity index (χ3n) is 4.14. The first-order valence-corrected chi connectivity index (χ1v) is 10.0. The minimum atomic E-state index is -3.66. The zero-order valence-electron chi connectivity index (χ0n) is 16.1. The minimum absolute atomic E-state index is 0.0766. The van der Waals surface area contributed by atoms with E-state index in [1.54, 1.807) is 12.1 Å². The number of nitrogens with zero attached hydrogens (tertiary/aromatic N) is 3. The third kappa shape index (κ3) is 4.00. The molecular weight excluding hydrogens is 380 g/mol. The van der Waals surface area contributed by atoms with Crippen LogP contribution in [0.5, 0.6) is 5.75 Å². The van der Waals surface area contributed by atoms with E-state index < -0.39 is 10.0 Å². The lowest BCUT2D eigenvalue weighted by Gasteiger charge is -2.17. The molecule has 0 aliphatic rings. The van der Waals surface area contributed by atoms with Gasteiger partial charge in [0.1, 0.15) is 16.7 Å². The van der Waals surface area contributed by atoms with E-state index in [4.69, 9.17) is 9.15 Å². The van der Waals surface area contributed by atoms with Gasteiger partial charge in [0.05, 0.1) is 7.11 Å². The van der Waals surface area contributed by atoms with Crippen molar-refractivity contribution in [3.8, 4) is 17.2 Å². The second-order valence-corrected chi connectivity index (χ2v) is 8.45. The molecule has 0 amide bonds. The van der Waals surface area contributed by atoms with Gasteiger partial charge in [-0.05, 0) is 37.3 Å². The third-order valence-corrected chi connectivity index (χ3v) is 5.97. The summed E-state index contributed by atoms with van der Waals surface area (Å²) in [7, 11) is 0.723. The normalized spacial score (nSPS) is 12.8. The summed E-state index contributed by atoms with van der Waals surface area (Å²) >= 11 is 0. The lowest BCUT2D eigenvalue weighted by molar-refractivity contribution is 0.400. The van der Waals surface area contributed by atoms with Crippen LogP contribution in [0.1, 0.15) is 18.9 Å². The molecule has 1 heterocycles. The van der Waals surface area contributed by atoms with Gasteiger partial charge in [-0.15, -0.1) is 10.2 Å². The number of rotatable bonds is 7. The van der Waals surface area contributed by atoms with Gasteiger partial charge in [0, 0.05) is 25.3 Å². The highest BCUT2D eigenvalue weighted by Gasteiger charge is 2.23. The molecule has 0 saturated heterocycles. The molecule has 8 nitrogen and oxygen atoms in total. The number of sulfonamides is 1. The van der Waals surface area contributed by atoms with Crippen molar-refractivity contribution in [2.24, 2.45) is 0 Å². The van der Waals surface area contributed by atoms with Crippen LogP contribution in [0.15, 0.2) is 57.8 Å². The Kier molecular flexibility index (Phi) is 5.66. The number of hydrogen-bond acceptors (Lipinski definition) is 7. The molecule has 0 bridgehead atoms. The number of methoxy groups -OCH3 is 1. The molecular formula is C19H22N4O4S. The monoisotopic (exact) mass is 402 g/mol. The molecule has 0 saturated carbocycles. The van der Waals surface area contributed by atoms with Crippen molar-refractivity contribution in [2.75, 3.05) is 26.5 Å². The average Bonchev–Trinajstić information content (AvgIpc) is 3.19. The summed E-state index contributed by atoms with van der Waals surface area (Å²) in [6.45, 7) is 1.85. The van der Waals surface area contributed by atoms with Gasteiger partial charge in [-0.2, -0.15) is 0 Å². The Morgan fingerprint density at radius 2 is 1.82 bits per heavy atom. The van der Waals surface area contributed by atoms with Crippen LogP contribution in [0.4, 0.5) is 5.69 Å². The molecule has 1 N–H and O–H groups in total. The maximum atomic E-state index is 12.6. The van der Waals surface area contributed by atoms with Crippen LogP contribution in [0.3, 0.4) is 0 Å². The highest BCUT2D eigenvalue weighted by Crippen LogP contribution is 2.30. The lowest BCUT2D eigenvalue weighted by atomic mass is 10.2. The van der Waals surface area contributed by atoms with E-state index in [0.29, 0.717) is 17.5 Å². The van der Waals surface area contributed by atoms with Crippen molar-refractivity contribution in [1.82, 2.24) is 14.5 Å². The molecule has 2 aromatic carbocycles. The number of ether oxygens (including phenoxy) is 1. The van der Waals surface area contributed by atoms with Crippen molar-refractivity contribution in [3.63, 3.8) is 0 Å². The SMILES string of the molecule is COc1ccc(N[C@@H](C)c2nnc(-c3ccccc3)o2)cc1S(=O)(=O)N(C)C. The van der Waals surface area contributed by atoms with E-state index in [0.717, 1.165) is 9.87 Å². The predicted molar refractivity (Wildman–Crippen MR) is 106 cm³/mol. The molecule has 3 aromatic rings. The van der Waals surface area contributed by atoms with Gasteiger partial charge in [-0.1, -0.05) is 18.2 Å². The molecule has 0 radical (unpaired) electrons. The van der Waals surface area contributed by atoms with Gasteiger partial charge in [-0.25, -0.2) is 12.7 Å². The first kappa shape index (κ1) is 19.8. The number of nitrogens with one attached hydrogen (secondary N) is 1. The van der Waals surface area contributed by atoms with Gasteiger partial charge in [-0.3, -0.25) is 0 Å². The Morgan fingerprint density at radius 3 is 2.46 bits per heavy atom. The summed E-state index contributed by atoms with van der Waals surface area (Å²) in [6, 6.07) is 14.0. The number of anilines is 1. The van der Waals surface area contributed by atoms with Crippen LogP contribution in [-0.4, -0.2) is 44.1 Å². The van der Waals surface area contributed by atoms with E-state index in [1.807, 2.05) is 37.3 Å². The Morgan fingerprint density at radius 1 is 1.11 bits per heavy atom.